The van der Waals surface area contributed by atoms with Crippen LogP contribution < -0.4 is 0 Å². The Bertz CT molecular complexity index is 467. The fourth-order valence-electron chi connectivity index (χ4n) is 2.40. The lowest BCUT2D eigenvalue weighted by atomic mass is 10.2. The number of hydrogen-bond donors (Lipinski definition) is 0. The van der Waals surface area contributed by atoms with Gasteiger partial charge in [-0.1, -0.05) is 15.9 Å². The number of benzene rings is 1. The Labute approximate surface area is 120 Å². The van der Waals surface area contributed by atoms with Crippen LogP contribution in [-0.2, 0) is 16.1 Å². The topological polar surface area (TPSA) is 29.5 Å². The number of carbonyl (C=O) groups excluding carboxylic acids is 1. The number of rotatable bonds is 4. The zero-order valence-corrected chi connectivity index (χ0v) is 12.5. The van der Waals surface area contributed by atoms with Crippen molar-refractivity contribution >= 4 is 21.9 Å². The van der Waals surface area contributed by atoms with Crippen molar-refractivity contribution in [2.24, 2.45) is 0 Å². The van der Waals surface area contributed by atoms with Crippen LogP contribution in [0.2, 0.25) is 0 Å². The number of hydrogen-bond acceptors (Lipinski definition) is 3. The largest absolute Gasteiger partial charge is 0.465 e. The SMILES string of the molecule is CCOC(=O)C1CCCN1Cc1cc(F)ccc1Br. The number of esters is 1. The van der Waals surface area contributed by atoms with Gasteiger partial charge in [-0.05, 0) is 50.1 Å². The lowest BCUT2D eigenvalue weighted by Crippen LogP contribution is -2.36. The minimum absolute atomic E-state index is 0.174. The second-order valence-corrected chi connectivity index (χ2v) is 5.47. The molecule has 1 aliphatic heterocycles. The predicted molar refractivity (Wildman–Crippen MR) is 74.2 cm³/mol. The highest BCUT2D eigenvalue weighted by Crippen LogP contribution is 2.25. The number of carbonyl (C=O) groups is 1. The Morgan fingerprint density at radius 3 is 3.11 bits per heavy atom. The molecule has 5 heteroatoms. The van der Waals surface area contributed by atoms with E-state index in [9.17, 15) is 9.18 Å². The molecule has 0 spiro atoms. The number of halogens is 2. The summed E-state index contributed by atoms with van der Waals surface area (Å²) in [5.41, 5.74) is 0.858. The van der Waals surface area contributed by atoms with E-state index in [0.717, 1.165) is 29.4 Å². The van der Waals surface area contributed by atoms with Gasteiger partial charge in [0.15, 0.2) is 0 Å². The third-order valence-corrected chi connectivity index (χ3v) is 4.08. The van der Waals surface area contributed by atoms with Gasteiger partial charge in [0.1, 0.15) is 11.9 Å². The van der Waals surface area contributed by atoms with Gasteiger partial charge in [-0.2, -0.15) is 0 Å². The van der Waals surface area contributed by atoms with Crippen LogP contribution >= 0.6 is 15.9 Å². The molecule has 1 saturated heterocycles. The van der Waals surface area contributed by atoms with Gasteiger partial charge in [0.2, 0.25) is 0 Å². The summed E-state index contributed by atoms with van der Waals surface area (Å²) in [6.45, 7) is 3.60. The Hall–Kier alpha value is -0.940. The van der Waals surface area contributed by atoms with Crippen molar-refractivity contribution in [3.63, 3.8) is 0 Å². The standard InChI is InChI=1S/C14H17BrFNO2/c1-2-19-14(18)13-4-3-7-17(13)9-10-8-11(16)5-6-12(10)15/h5-6,8,13H,2-4,7,9H2,1H3. The highest BCUT2D eigenvalue weighted by atomic mass is 79.9. The summed E-state index contributed by atoms with van der Waals surface area (Å²) in [5.74, 6) is -0.433. The number of likely N-dealkylation sites (tertiary alicyclic amines) is 1. The Kier molecular flexibility index (Phi) is 4.93. The zero-order valence-electron chi connectivity index (χ0n) is 10.9. The Morgan fingerprint density at radius 1 is 1.58 bits per heavy atom. The number of ether oxygens (including phenoxy) is 1. The summed E-state index contributed by atoms with van der Waals surface area (Å²) in [6, 6.07) is 4.42. The monoisotopic (exact) mass is 329 g/mol. The van der Waals surface area contributed by atoms with Gasteiger partial charge < -0.3 is 4.74 Å². The van der Waals surface area contributed by atoms with E-state index >= 15 is 0 Å². The van der Waals surface area contributed by atoms with Gasteiger partial charge in [0.05, 0.1) is 6.61 Å². The van der Waals surface area contributed by atoms with Gasteiger partial charge in [-0.3, -0.25) is 9.69 Å². The molecule has 2 rings (SSSR count). The van der Waals surface area contributed by atoms with Crippen LogP contribution in [0.3, 0.4) is 0 Å². The Morgan fingerprint density at radius 2 is 2.37 bits per heavy atom. The second kappa shape index (κ2) is 6.48. The summed E-state index contributed by atoms with van der Waals surface area (Å²) >= 11 is 3.42. The molecule has 1 unspecified atom stereocenters. The molecule has 1 fully saturated rings. The average Bonchev–Trinajstić information content (AvgIpc) is 2.82. The normalized spacial score (nSPS) is 19.6. The minimum Gasteiger partial charge on any atom is -0.465 e. The van der Waals surface area contributed by atoms with Gasteiger partial charge in [-0.25, -0.2) is 4.39 Å². The molecule has 3 nitrogen and oxygen atoms in total. The molecule has 1 aliphatic rings. The van der Waals surface area contributed by atoms with Crippen LogP contribution in [0, 0.1) is 5.82 Å². The van der Waals surface area contributed by atoms with E-state index in [2.05, 4.69) is 20.8 Å². The number of nitrogens with zero attached hydrogens (tertiary/aromatic N) is 1. The van der Waals surface area contributed by atoms with E-state index in [4.69, 9.17) is 4.74 Å². The zero-order chi connectivity index (χ0) is 13.8. The molecule has 1 atom stereocenters. The molecule has 1 heterocycles. The van der Waals surface area contributed by atoms with E-state index in [-0.39, 0.29) is 17.8 Å². The van der Waals surface area contributed by atoms with Crippen LogP contribution in [0.5, 0.6) is 0 Å². The second-order valence-electron chi connectivity index (χ2n) is 4.62. The molecule has 0 aromatic heterocycles. The molecule has 0 bridgehead atoms. The quantitative estimate of drug-likeness (QED) is 0.795. The van der Waals surface area contributed by atoms with Crippen LogP contribution in [0.4, 0.5) is 4.39 Å². The first-order valence-corrected chi connectivity index (χ1v) is 7.25. The van der Waals surface area contributed by atoms with Crippen LogP contribution in [-0.4, -0.2) is 30.1 Å². The molecule has 104 valence electrons. The molecular weight excluding hydrogens is 313 g/mol. The first kappa shape index (κ1) is 14.5. The van der Waals surface area contributed by atoms with Crippen molar-refractivity contribution < 1.29 is 13.9 Å². The lowest BCUT2D eigenvalue weighted by Gasteiger charge is -2.23. The minimum atomic E-state index is -0.259. The van der Waals surface area contributed by atoms with Gasteiger partial charge >= 0.3 is 5.97 Å². The Balaban J connectivity index is 2.09. The average molecular weight is 330 g/mol. The maximum absolute atomic E-state index is 13.3. The van der Waals surface area contributed by atoms with Gasteiger partial charge in [0.25, 0.3) is 0 Å². The molecule has 1 aromatic rings. The maximum atomic E-state index is 13.3. The molecule has 0 N–H and O–H groups in total. The van der Waals surface area contributed by atoms with Gasteiger partial charge in [0, 0.05) is 11.0 Å². The van der Waals surface area contributed by atoms with E-state index in [1.54, 1.807) is 13.0 Å². The van der Waals surface area contributed by atoms with E-state index in [0.29, 0.717) is 13.2 Å². The fourth-order valence-corrected chi connectivity index (χ4v) is 2.78. The van der Waals surface area contributed by atoms with Gasteiger partial charge in [-0.15, -0.1) is 0 Å². The summed E-state index contributed by atoms with van der Waals surface area (Å²) in [7, 11) is 0. The third-order valence-electron chi connectivity index (χ3n) is 3.30. The summed E-state index contributed by atoms with van der Waals surface area (Å²) in [6.07, 6.45) is 1.78. The highest BCUT2D eigenvalue weighted by Gasteiger charge is 2.31. The first-order chi connectivity index (χ1) is 9.11. The van der Waals surface area contributed by atoms with Crippen molar-refractivity contribution in [2.75, 3.05) is 13.2 Å². The molecule has 0 amide bonds. The van der Waals surface area contributed by atoms with Crippen LogP contribution in [0.15, 0.2) is 22.7 Å². The van der Waals surface area contributed by atoms with E-state index in [1.807, 2.05) is 0 Å². The van der Waals surface area contributed by atoms with Crippen molar-refractivity contribution in [2.45, 2.75) is 32.4 Å². The third kappa shape index (κ3) is 3.54. The molecule has 19 heavy (non-hydrogen) atoms. The molecule has 1 aromatic carbocycles. The molecule has 0 radical (unpaired) electrons. The lowest BCUT2D eigenvalue weighted by molar-refractivity contribution is -0.148. The fraction of sp³-hybridized carbons (Fsp3) is 0.500. The summed E-state index contributed by atoms with van der Waals surface area (Å²) in [5, 5.41) is 0. The highest BCUT2D eigenvalue weighted by molar-refractivity contribution is 9.10. The van der Waals surface area contributed by atoms with Crippen molar-refractivity contribution in [1.82, 2.24) is 4.90 Å². The molecule has 0 saturated carbocycles. The van der Waals surface area contributed by atoms with E-state index in [1.165, 1.54) is 12.1 Å². The van der Waals surface area contributed by atoms with Crippen molar-refractivity contribution in [3.05, 3.63) is 34.1 Å². The smallest absolute Gasteiger partial charge is 0.323 e. The summed E-state index contributed by atoms with van der Waals surface area (Å²) < 4.78 is 19.2. The summed E-state index contributed by atoms with van der Waals surface area (Å²) in [4.78, 5) is 13.9. The maximum Gasteiger partial charge on any atom is 0.323 e. The van der Waals surface area contributed by atoms with Crippen molar-refractivity contribution in [3.8, 4) is 0 Å². The van der Waals surface area contributed by atoms with E-state index < -0.39 is 0 Å². The van der Waals surface area contributed by atoms with Crippen LogP contribution in [0.1, 0.15) is 25.3 Å². The molecule has 0 aliphatic carbocycles. The predicted octanol–water partition coefficient (Wildman–Crippen LogP) is 3.12. The molecular formula is C14H17BrFNO2. The van der Waals surface area contributed by atoms with Crippen LogP contribution in [0.25, 0.3) is 0 Å². The first-order valence-electron chi connectivity index (χ1n) is 6.46. The van der Waals surface area contributed by atoms with Crippen molar-refractivity contribution in [1.29, 1.82) is 0 Å².